The zero-order valence-corrected chi connectivity index (χ0v) is 20.1. The van der Waals surface area contributed by atoms with Crippen molar-refractivity contribution in [1.82, 2.24) is 0 Å². The van der Waals surface area contributed by atoms with Gasteiger partial charge in [-0.15, -0.1) is 10.3 Å². The number of hydrogen-bond donors (Lipinski definition) is 0. The minimum absolute atomic E-state index is 0.106. The van der Waals surface area contributed by atoms with E-state index >= 15 is 0 Å². The first kappa shape index (κ1) is 22.4. The van der Waals surface area contributed by atoms with Crippen LogP contribution in [0.4, 0.5) is 0 Å². The van der Waals surface area contributed by atoms with Gasteiger partial charge in [0.05, 0.1) is 10.9 Å². The SMILES string of the molecule is CC(C)(C)S(=O)/N=C/C1(C2(C)CC2)CCC(OS(C)(C)C(C)(C)C)CC1. The number of nitrogens with zero attached hydrogens (tertiary/aromatic N) is 1. The molecule has 0 radical (unpaired) electrons. The Morgan fingerprint density at radius 1 is 1.04 bits per heavy atom. The molecule has 26 heavy (non-hydrogen) atoms. The summed E-state index contributed by atoms with van der Waals surface area (Å²) in [6.45, 7) is 15.2. The quantitative estimate of drug-likeness (QED) is 0.525. The zero-order chi connectivity index (χ0) is 20.0. The third-order valence-electron chi connectivity index (χ3n) is 6.80. The molecule has 154 valence electrons. The maximum Gasteiger partial charge on any atom is 0.144 e. The number of hydrogen-bond acceptors (Lipinski definition) is 2. The molecule has 5 heteroatoms. The van der Waals surface area contributed by atoms with Crippen molar-refractivity contribution in [2.24, 2.45) is 15.2 Å². The van der Waals surface area contributed by atoms with E-state index < -0.39 is 21.3 Å². The van der Waals surface area contributed by atoms with Gasteiger partial charge in [-0.3, -0.25) is 0 Å². The first-order valence-electron chi connectivity index (χ1n) is 10.0. The predicted molar refractivity (Wildman–Crippen MR) is 119 cm³/mol. The molecule has 2 rings (SSSR count). The van der Waals surface area contributed by atoms with Crippen molar-refractivity contribution in [3.63, 3.8) is 0 Å². The summed E-state index contributed by atoms with van der Waals surface area (Å²) < 4.78 is 23.5. The molecule has 0 aromatic heterocycles. The summed E-state index contributed by atoms with van der Waals surface area (Å²) in [7, 11) is -2.25. The summed E-state index contributed by atoms with van der Waals surface area (Å²) in [5.41, 5.74) is 0.449. The zero-order valence-electron chi connectivity index (χ0n) is 18.5. The Morgan fingerprint density at radius 3 is 1.92 bits per heavy atom. The molecule has 0 aliphatic heterocycles. The van der Waals surface area contributed by atoms with Crippen LogP contribution in [0.2, 0.25) is 0 Å². The molecule has 0 aromatic carbocycles. The lowest BCUT2D eigenvalue weighted by atomic mass is 9.64. The van der Waals surface area contributed by atoms with Crippen molar-refractivity contribution in [2.75, 3.05) is 12.5 Å². The van der Waals surface area contributed by atoms with Crippen LogP contribution in [0.25, 0.3) is 0 Å². The minimum atomic E-state index is -1.17. The van der Waals surface area contributed by atoms with E-state index in [1.54, 1.807) is 0 Å². The van der Waals surface area contributed by atoms with Crippen molar-refractivity contribution >= 4 is 27.5 Å². The molecule has 2 aliphatic carbocycles. The Labute approximate surface area is 166 Å². The van der Waals surface area contributed by atoms with Gasteiger partial charge in [-0.25, -0.2) is 4.21 Å². The van der Waals surface area contributed by atoms with Gasteiger partial charge in [0.25, 0.3) is 0 Å². The first-order valence-corrected chi connectivity index (χ1v) is 13.5. The molecule has 1 atom stereocenters. The Balaban J connectivity index is 2.09. The average molecular weight is 404 g/mol. The van der Waals surface area contributed by atoms with Gasteiger partial charge in [-0.2, -0.15) is 4.40 Å². The van der Waals surface area contributed by atoms with E-state index in [4.69, 9.17) is 4.18 Å². The monoisotopic (exact) mass is 403 g/mol. The first-order chi connectivity index (χ1) is 11.6. The van der Waals surface area contributed by atoms with Crippen LogP contribution < -0.4 is 0 Å². The van der Waals surface area contributed by atoms with Gasteiger partial charge in [-0.05, 0) is 77.2 Å². The normalized spacial score (nSPS) is 31.8. The lowest BCUT2D eigenvalue weighted by molar-refractivity contribution is 0.0893. The second kappa shape index (κ2) is 7.18. The van der Waals surface area contributed by atoms with Crippen LogP contribution in [-0.4, -0.2) is 38.5 Å². The largest absolute Gasteiger partial charge is 0.333 e. The van der Waals surface area contributed by atoms with Crippen LogP contribution in [0.3, 0.4) is 0 Å². The van der Waals surface area contributed by atoms with Crippen molar-refractivity contribution in [3.8, 4) is 0 Å². The highest BCUT2D eigenvalue weighted by atomic mass is 32.3. The predicted octanol–water partition coefficient (Wildman–Crippen LogP) is 6.04. The topological polar surface area (TPSA) is 38.7 Å². The smallest absolute Gasteiger partial charge is 0.144 e. The molecule has 2 saturated carbocycles. The fourth-order valence-electron chi connectivity index (χ4n) is 3.57. The molecule has 0 heterocycles. The Bertz CT molecular complexity index is 558. The molecule has 0 bridgehead atoms. The second-order valence-corrected chi connectivity index (χ2v) is 16.8. The number of rotatable bonds is 5. The van der Waals surface area contributed by atoms with Crippen LogP contribution in [-0.2, 0) is 15.2 Å². The van der Waals surface area contributed by atoms with Crippen LogP contribution in [0.1, 0.15) is 87.0 Å². The fraction of sp³-hybridized carbons (Fsp3) is 0.952. The standard InChI is InChI=1S/C21H41NO2S2/c1-18(2,3)25(23)22-16-21(20(7)14-15-20)12-10-17(11-13-21)24-26(8,9)19(4,5)6/h16-17H,10-15H2,1-9H3/b22-16+. The van der Waals surface area contributed by atoms with E-state index in [1.165, 1.54) is 12.8 Å². The second-order valence-electron chi connectivity index (χ2n) is 11.0. The molecule has 2 fully saturated rings. The van der Waals surface area contributed by atoms with Gasteiger partial charge in [0.2, 0.25) is 0 Å². The maximum atomic E-state index is 12.5. The van der Waals surface area contributed by atoms with Crippen molar-refractivity contribution in [2.45, 2.75) is 103 Å². The summed E-state index contributed by atoms with van der Waals surface area (Å²) in [4.78, 5) is 0. The molecule has 1 unspecified atom stereocenters. The Hall–Kier alpha value is 0.130. The van der Waals surface area contributed by atoms with E-state index in [2.05, 4.69) is 50.8 Å². The van der Waals surface area contributed by atoms with E-state index in [0.717, 1.165) is 25.7 Å². The van der Waals surface area contributed by atoms with Gasteiger partial charge in [0.15, 0.2) is 0 Å². The van der Waals surface area contributed by atoms with Crippen LogP contribution >= 0.6 is 10.3 Å². The molecule has 0 aromatic rings. The Morgan fingerprint density at radius 2 is 1.54 bits per heavy atom. The van der Waals surface area contributed by atoms with Gasteiger partial charge >= 0.3 is 0 Å². The molecular weight excluding hydrogens is 362 g/mol. The van der Waals surface area contributed by atoms with E-state index in [0.29, 0.717) is 11.5 Å². The molecule has 0 amide bonds. The van der Waals surface area contributed by atoms with Crippen molar-refractivity contribution in [3.05, 3.63) is 0 Å². The van der Waals surface area contributed by atoms with Gasteiger partial charge in [0, 0.05) is 16.4 Å². The van der Waals surface area contributed by atoms with Crippen LogP contribution in [0.5, 0.6) is 0 Å². The molecule has 0 N–H and O–H groups in total. The molecule has 0 spiro atoms. The highest BCUT2D eigenvalue weighted by Crippen LogP contribution is 2.64. The lowest BCUT2D eigenvalue weighted by Gasteiger charge is -2.49. The summed E-state index contributed by atoms with van der Waals surface area (Å²) in [5.74, 6) is 0. The third-order valence-corrected chi connectivity index (χ3v) is 11.8. The summed E-state index contributed by atoms with van der Waals surface area (Å²) in [6.07, 6.45) is 14.0. The minimum Gasteiger partial charge on any atom is -0.333 e. The highest BCUT2D eigenvalue weighted by molar-refractivity contribution is 8.29. The maximum absolute atomic E-state index is 12.5. The van der Waals surface area contributed by atoms with Crippen LogP contribution in [0.15, 0.2) is 4.40 Å². The lowest BCUT2D eigenvalue weighted by Crippen LogP contribution is -2.40. The summed E-state index contributed by atoms with van der Waals surface area (Å²) in [6, 6.07) is 0. The van der Waals surface area contributed by atoms with Gasteiger partial charge < -0.3 is 4.18 Å². The molecule has 3 nitrogen and oxygen atoms in total. The third kappa shape index (κ3) is 4.75. The molecule has 2 aliphatic rings. The summed E-state index contributed by atoms with van der Waals surface area (Å²) >= 11 is 0. The van der Waals surface area contributed by atoms with Crippen molar-refractivity contribution < 1.29 is 8.39 Å². The van der Waals surface area contributed by atoms with Gasteiger partial charge in [-0.1, -0.05) is 27.7 Å². The van der Waals surface area contributed by atoms with E-state index in [1.807, 2.05) is 20.8 Å². The summed E-state index contributed by atoms with van der Waals surface area (Å²) in [5, 5.41) is 0. The Kier molecular flexibility index (Phi) is 6.19. The van der Waals surface area contributed by atoms with Crippen molar-refractivity contribution in [1.29, 1.82) is 0 Å². The molecule has 0 saturated heterocycles. The fourth-order valence-corrected chi connectivity index (χ4v) is 5.34. The molecular formula is C21H41NO2S2. The van der Waals surface area contributed by atoms with Gasteiger partial charge in [0.1, 0.15) is 11.0 Å². The van der Waals surface area contributed by atoms with Crippen LogP contribution in [0, 0.1) is 10.8 Å². The average Bonchev–Trinajstić information content (AvgIpc) is 3.23. The van der Waals surface area contributed by atoms with E-state index in [9.17, 15) is 4.21 Å². The highest BCUT2D eigenvalue weighted by Gasteiger charge is 2.56. The van der Waals surface area contributed by atoms with E-state index in [-0.39, 0.29) is 14.9 Å².